The van der Waals surface area contributed by atoms with Crippen LogP contribution in [-0.4, -0.2) is 49.3 Å². The maximum absolute atomic E-state index is 5.35. The fraction of sp³-hybridized carbons (Fsp3) is 0.375. The molecule has 1 aromatic carbocycles. The minimum absolute atomic E-state index is 0.620. The molecule has 118 valence electrons. The van der Waals surface area contributed by atoms with Gasteiger partial charge in [-0.15, -0.1) is 0 Å². The first-order valence-corrected chi connectivity index (χ1v) is 7.64. The number of nitrogens with zero attached hydrogens (tertiary/aromatic N) is 2. The highest BCUT2D eigenvalue weighted by Crippen LogP contribution is 2.29. The van der Waals surface area contributed by atoms with E-state index in [9.17, 15) is 0 Å². The molecule has 22 heavy (non-hydrogen) atoms. The lowest BCUT2D eigenvalue weighted by atomic mass is 10.1. The fourth-order valence-corrected chi connectivity index (χ4v) is 2.40. The van der Waals surface area contributed by atoms with Gasteiger partial charge in [-0.2, -0.15) is 0 Å². The Hall–Kier alpha value is -1.92. The first kappa shape index (κ1) is 16.5. The zero-order chi connectivity index (χ0) is 15.9. The highest BCUT2D eigenvalue weighted by molar-refractivity contribution is 7.80. The van der Waals surface area contributed by atoms with Crippen LogP contribution in [-0.2, 0) is 0 Å². The second-order valence-corrected chi connectivity index (χ2v) is 5.66. The number of fused-ring (bicyclic) bond motifs is 1. The van der Waals surface area contributed by atoms with E-state index in [1.54, 1.807) is 13.3 Å². The van der Waals surface area contributed by atoms with Gasteiger partial charge >= 0.3 is 0 Å². The molecule has 1 aromatic heterocycles. The second kappa shape index (κ2) is 7.91. The number of pyridine rings is 1. The largest absolute Gasteiger partial charge is 0.494 e. The minimum Gasteiger partial charge on any atom is -0.494 e. The first-order chi connectivity index (χ1) is 10.6. The number of hydrogen-bond acceptors (Lipinski definition) is 4. The van der Waals surface area contributed by atoms with E-state index in [-0.39, 0.29) is 0 Å². The Morgan fingerprint density at radius 2 is 2.14 bits per heavy atom. The third-order valence-electron chi connectivity index (χ3n) is 3.27. The number of benzene rings is 1. The van der Waals surface area contributed by atoms with Crippen LogP contribution in [0.2, 0.25) is 0 Å². The number of rotatable bonds is 6. The number of nitrogens with one attached hydrogen (secondary N) is 2. The summed E-state index contributed by atoms with van der Waals surface area (Å²) in [7, 11) is 5.77. The maximum atomic E-state index is 5.35. The summed E-state index contributed by atoms with van der Waals surface area (Å²) in [6.07, 6.45) is 2.80. The lowest BCUT2D eigenvalue weighted by molar-refractivity contribution is 0.400. The predicted molar refractivity (Wildman–Crippen MR) is 95.7 cm³/mol. The van der Waals surface area contributed by atoms with Crippen LogP contribution in [0, 0.1) is 0 Å². The molecular formula is C16H22N4OS. The molecule has 2 N–H and O–H groups in total. The molecule has 0 aliphatic carbocycles. The summed E-state index contributed by atoms with van der Waals surface area (Å²) in [5.74, 6) is 0.756. The quantitative estimate of drug-likeness (QED) is 0.630. The Morgan fingerprint density at radius 1 is 1.32 bits per heavy atom. The van der Waals surface area contributed by atoms with Gasteiger partial charge < -0.3 is 20.3 Å². The zero-order valence-electron chi connectivity index (χ0n) is 13.2. The summed E-state index contributed by atoms with van der Waals surface area (Å²) in [5, 5.41) is 8.06. The molecule has 0 saturated heterocycles. The fourth-order valence-electron chi connectivity index (χ4n) is 2.18. The standard InChI is InChI=1S/C16H22N4OS/c1-20(2)11-5-10-18-16(22)19-13-7-8-14(21-3)15-12(13)6-4-9-17-15/h4,6-9H,5,10-11H2,1-3H3,(H2,18,19,22). The first-order valence-electron chi connectivity index (χ1n) is 7.23. The van der Waals surface area contributed by atoms with Crippen molar-refractivity contribution < 1.29 is 4.74 Å². The van der Waals surface area contributed by atoms with Crippen LogP contribution in [0.3, 0.4) is 0 Å². The van der Waals surface area contributed by atoms with E-state index in [0.29, 0.717) is 5.11 Å². The van der Waals surface area contributed by atoms with E-state index in [1.807, 2.05) is 24.3 Å². The highest BCUT2D eigenvalue weighted by Gasteiger charge is 2.08. The number of hydrogen-bond donors (Lipinski definition) is 2. The van der Waals surface area contributed by atoms with Crippen molar-refractivity contribution in [2.45, 2.75) is 6.42 Å². The Labute approximate surface area is 136 Å². The molecule has 2 aromatic rings. The Bertz CT molecular complexity index is 645. The Morgan fingerprint density at radius 3 is 2.86 bits per heavy atom. The van der Waals surface area contributed by atoms with Gasteiger partial charge in [-0.3, -0.25) is 4.98 Å². The molecule has 6 heteroatoms. The van der Waals surface area contributed by atoms with Crippen molar-refractivity contribution in [3.63, 3.8) is 0 Å². The van der Waals surface area contributed by atoms with Crippen LogP contribution in [0.15, 0.2) is 30.5 Å². The molecule has 0 aliphatic rings. The number of thiocarbonyl (C=S) groups is 1. The van der Waals surface area contributed by atoms with E-state index >= 15 is 0 Å². The van der Waals surface area contributed by atoms with E-state index in [2.05, 4.69) is 34.6 Å². The third-order valence-corrected chi connectivity index (χ3v) is 3.51. The third kappa shape index (κ3) is 4.29. The van der Waals surface area contributed by atoms with E-state index in [0.717, 1.165) is 41.9 Å². The van der Waals surface area contributed by atoms with E-state index in [1.165, 1.54) is 0 Å². The van der Waals surface area contributed by atoms with Gasteiger partial charge in [0.1, 0.15) is 11.3 Å². The van der Waals surface area contributed by atoms with Crippen LogP contribution < -0.4 is 15.4 Å². The summed E-state index contributed by atoms with van der Waals surface area (Å²) >= 11 is 5.35. The minimum atomic E-state index is 0.620. The predicted octanol–water partition coefficient (Wildman–Crippen LogP) is 2.48. The van der Waals surface area contributed by atoms with Crippen molar-refractivity contribution in [2.24, 2.45) is 0 Å². The summed E-state index contributed by atoms with van der Waals surface area (Å²) in [6.45, 7) is 1.88. The van der Waals surface area contributed by atoms with Crippen molar-refractivity contribution >= 4 is 33.9 Å². The topological polar surface area (TPSA) is 49.4 Å². The van der Waals surface area contributed by atoms with Gasteiger partial charge in [-0.1, -0.05) is 0 Å². The van der Waals surface area contributed by atoms with Gasteiger partial charge in [0.25, 0.3) is 0 Å². The Balaban J connectivity index is 2.04. The Kier molecular flexibility index (Phi) is 5.91. The van der Waals surface area contributed by atoms with Crippen molar-refractivity contribution in [3.8, 4) is 5.75 Å². The van der Waals surface area contributed by atoms with Gasteiger partial charge in [0.15, 0.2) is 5.11 Å². The van der Waals surface area contributed by atoms with Gasteiger partial charge in [-0.25, -0.2) is 0 Å². The van der Waals surface area contributed by atoms with Crippen LogP contribution in [0.4, 0.5) is 5.69 Å². The van der Waals surface area contributed by atoms with Gasteiger partial charge in [-0.05, 0) is 63.5 Å². The van der Waals surface area contributed by atoms with Gasteiger partial charge in [0.05, 0.1) is 7.11 Å². The molecule has 2 rings (SSSR count). The summed E-state index contributed by atoms with van der Waals surface area (Å²) in [6, 6.07) is 7.76. The normalized spacial score (nSPS) is 10.7. The lowest BCUT2D eigenvalue weighted by Crippen LogP contribution is -2.30. The van der Waals surface area contributed by atoms with Gasteiger partial charge in [0.2, 0.25) is 0 Å². The molecule has 0 atom stereocenters. The zero-order valence-corrected chi connectivity index (χ0v) is 14.0. The molecule has 0 radical (unpaired) electrons. The molecule has 0 fully saturated rings. The summed E-state index contributed by atoms with van der Waals surface area (Å²) in [4.78, 5) is 6.53. The van der Waals surface area contributed by atoms with Crippen LogP contribution in [0.1, 0.15) is 6.42 Å². The molecule has 0 aliphatic heterocycles. The molecule has 0 bridgehead atoms. The van der Waals surface area contributed by atoms with E-state index in [4.69, 9.17) is 17.0 Å². The van der Waals surface area contributed by atoms with Crippen LogP contribution in [0.5, 0.6) is 5.75 Å². The highest BCUT2D eigenvalue weighted by atomic mass is 32.1. The SMILES string of the molecule is COc1ccc(NC(=S)NCCCN(C)C)c2cccnc12. The number of anilines is 1. The molecule has 0 amide bonds. The van der Waals surface area contributed by atoms with Gasteiger partial charge in [0, 0.05) is 23.8 Å². The van der Waals surface area contributed by atoms with Crippen molar-refractivity contribution in [3.05, 3.63) is 30.5 Å². The average molecular weight is 318 g/mol. The molecule has 1 heterocycles. The number of methoxy groups -OCH3 is 1. The smallest absolute Gasteiger partial charge is 0.170 e. The van der Waals surface area contributed by atoms with Crippen molar-refractivity contribution in [1.82, 2.24) is 15.2 Å². The van der Waals surface area contributed by atoms with Crippen molar-refractivity contribution in [1.29, 1.82) is 0 Å². The van der Waals surface area contributed by atoms with Crippen LogP contribution >= 0.6 is 12.2 Å². The van der Waals surface area contributed by atoms with Crippen molar-refractivity contribution in [2.75, 3.05) is 39.6 Å². The number of aromatic nitrogens is 1. The molecule has 0 spiro atoms. The average Bonchev–Trinajstić information content (AvgIpc) is 2.52. The number of ether oxygens (including phenoxy) is 1. The molecule has 0 saturated carbocycles. The monoisotopic (exact) mass is 318 g/mol. The maximum Gasteiger partial charge on any atom is 0.170 e. The van der Waals surface area contributed by atoms with E-state index < -0.39 is 0 Å². The molecule has 0 unspecified atom stereocenters. The summed E-state index contributed by atoms with van der Waals surface area (Å²) in [5.41, 5.74) is 1.75. The molecular weight excluding hydrogens is 296 g/mol. The second-order valence-electron chi connectivity index (χ2n) is 5.25. The lowest BCUT2D eigenvalue weighted by Gasteiger charge is -2.14. The molecule has 5 nitrogen and oxygen atoms in total. The summed E-state index contributed by atoms with van der Waals surface area (Å²) < 4.78 is 5.35. The van der Waals surface area contributed by atoms with Crippen LogP contribution in [0.25, 0.3) is 10.9 Å².